The van der Waals surface area contributed by atoms with Crippen LogP contribution in [0.3, 0.4) is 0 Å². The number of rotatable bonds is 4. The molecule has 0 aliphatic heterocycles. The van der Waals surface area contributed by atoms with Gasteiger partial charge in [-0.25, -0.2) is 4.79 Å². The summed E-state index contributed by atoms with van der Waals surface area (Å²) in [5.41, 5.74) is 0. The van der Waals surface area contributed by atoms with Crippen LogP contribution in [0.15, 0.2) is 0 Å². The quantitative estimate of drug-likeness (QED) is 0.456. The topological polar surface area (TPSA) is 89.5 Å². The van der Waals surface area contributed by atoms with E-state index in [9.17, 15) is 14.7 Å². The maximum atomic E-state index is 10.3. The van der Waals surface area contributed by atoms with Gasteiger partial charge in [0, 0.05) is 0 Å². The smallest absolute Gasteiger partial charge is 0.548 e. The predicted octanol–water partition coefficient (Wildman–Crippen LogP) is -3.58. The second-order valence-electron chi connectivity index (χ2n) is 2.95. The van der Waals surface area contributed by atoms with Gasteiger partial charge >= 0.3 is 35.7 Å². The molecule has 0 aliphatic rings. The van der Waals surface area contributed by atoms with E-state index in [1.807, 2.05) is 5.32 Å². The molecule has 2 N–H and O–H groups in total. The van der Waals surface area contributed by atoms with Crippen LogP contribution in [-0.2, 0) is 4.79 Å². The summed E-state index contributed by atoms with van der Waals surface area (Å²) in [7, 11) is 0. The number of hydrogen-bond acceptors (Lipinski definition) is 3. The molecule has 1 unspecified atom stereocenters. The van der Waals surface area contributed by atoms with E-state index in [0.717, 1.165) is 0 Å². The minimum absolute atomic E-state index is 0. The molecule has 1 atom stereocenters. The van der Waals surface area contributed by atoms with Crippen LogP contribution in [0.25, 0.3) is 0 Å². The molecule has 6 heteroatoms. The fourth-order valence-electron chi connectivity index (χ4n) is 0.835. The summed E-state index contributed by atoms with van der Waals surface area (Å²) in [5.74, 6) is -1.27. The van der Waals surface area contributed by atoms with Crippen LogP contribution in [-0.4, -0.2) is 23.2 Å². The summed E-state index contributed by atoms with van der Waals surface area (Å²) in [6.45, 7) is 3.61. The van der Waals surface area contributed by atoms with Crippen LogP contribution in [0.4, 0.5) is 4.79 Å². The van der Waals surface area contributed by atoms with Crippen LogP contribution in [0.2, 0.25) is 0 Å². The third-order valence-electron chi connectivity index (χ3n) is 1.29. The largest absolute Gasteiger partial charge is 1.00 e. The molecular formula is C7H12NNaO4. The Morgan fingerprint density at radius 2 is 1.92 bits per heavy atom. The third-order valence-corrected chi connectivity index (χ3v) is 1.29. The molecule has 0 heterocycles. The van der Waals surface area contributed by atoms with Crippen LogP contribution in [0.1, 0.15) is 20.3 Å². The number of amides is 1. The van der Waals surface area contributed by atoms with Gasteiger partial charge in [-0.05, 0) is 12.3 Å². The first-order chi connectivity index (χ1) is 5.43. The van der Waals surface area contributed by atoms with Crippen molar-refractivity contribution in [1.82, 2.24) is 5.32 Å². The Morgan fingerprint density at radius 3 is 2.15 bits per heavy atom. The number of carboxylic acid groups (broad SMARTS) is 2. The van der Waals surface area contributed by atoms with Crippen LogP contribution in [0.5, 0.6) is 0 Å². The van der Waals surface area contributed by atoms with Gasteiger partial charge in [-0.1, -0.05) is 13.8 Å². The van der Waals surface area contributed by atoms with E-state index in [-0.39, 0.29) is 41.9 Å². The zero-order valence-electron chi connectivity index (χ0n) is 8.03. The molecule has 0 saturated heterocycles. The van der Waals surface area contributed by atoms with Crippen molar-refractivity contribution in [1.29, 1.82) is 0 Å². The Bertz CT molecular complexity index is 183. The molecule has 0 fully saturated rings. The van der Waals surface area contributed by atoms with Gasteiger partial charge in [0.2, 0.25) is 0 Å². The Morgan fingerprint density at radius 1 is 1.46 bits per heavy atom. The fraction of sp³-hybridized carbons (Fsp3) is 0.714. The van der Waals surface area contributed by atoms with Gasteiger partial charge in [0.15, 0.2) is 0 Å². The molecule has 5 nitrogen and oxygen atoms in total. The number of carboxylic acids is 1. The van der Waals surface area contributed by atoms with E-state index < -0.39 is 18.1 Å². The van der Waals surface area contributed by atoms with Crippen molar-refractivity contribution < 1.29 is 49.4 Å². The molecule has 13 heavy (non-hydrogen) atoms. The summed E-state index contributed by atoms with van der Waals surface area (Å²) in [6.07, 6.45) is -1.10. The van der Waals surface area contributed by atoms with Crippen LogP contribution >= 0.6 is 0 Å². The standard InChI is InChI=1S/C7H13NO4.Na/c1-4(2)3-5(6(9)10)8-7(11)12;/h4-5,8H,3H2,1-2H3,(H,9,10)(H,11,12);/q;+1/p-1. The van der Waals surface area contributed by atoms with E-state index in [1.54, 1.807) is 13.8 Å². The third kappa shape index (κ3) is 8.08. The van der Waals surface area contributed by atoms with Crippen molar-refractivity contribution in [2.24, 2.45) is 5.92 Å². The van der Waals surface area contributed by atoms with E-state index in [4.69, 9.17) is 5.11 Å². The molecule has 0 bridgehead atoms. The minimum atomic E-state index is -1.38. The predicted molar refractivity (Wildman–Crippen MR) is 39.4 cm³/mol. The first-order valence-corrected chi connectivity index (χ1v) is 3.63. The molecule has 0 spiro atoms. The Kier molecular flexibility index (Phi) is 8.40. The van der Waals surface area contributed by atoms with E-state index >= 15 is 0 Å². The van der Waals surface area contributed by atoms with Gasteiger partial charge in [0.05, 0.1) is 12.0 Å². The summed E-state index contributed by atoms with van der Waals surface area (Å²) in [4.78, 5) is 20.4. The van der Waals surface area contributed by atoms with Crippen molar-refractivity contribution in [2.75, 3.05) is 0 Å². The van der Waals surface area contributed by atoms with Gasteiger partial charge in [-0.2, -0.15) is 0 Å². The Labute approximate surface area is 98.8 Å². The maximum Gasteiger partial charge on any atom is 1.00 e. The molecule has 0 radical (unpaired) electrons. The van der Waals surface area contributed by atoms with Gasteiger partial charge < -0.3 is 20.3 Å². The van der Waals surface area contributed by atoms with Gasteiger partial charge in [-0.15, -0.1) is 0 Å². The Hall–Kier alpha value is -0.260. The second kappa shape index (κ2) is 7.17. The first kappa shape index (κ1) is 15.2. The average molecular weight is 197 g/mol. The summed E-state index contributed by atoms with van der Waals surface area (Å²) in [5, 5.41) is 20.4. The summed E-state index contributed by atoms with van der Waals surface area (Å²) >= 11 is 0. The summed E-state index contributed by atoms with van der Waals surface area (Å²) < 4.78 is 0. The fourth-order valence-corrected chi connectivity index (χ4v) is 0.835. The van der Waals surface area contributed by atoms with Crippen LogP contribution in [0, 0.1) is 5.92 Å². The minimum Gasteiger partial charge on any atom is -0.548 e. The van der Waals surface area contributed by atoms with Gasteiger partial charge in [0.25, 0.3) is 0 Å². The SMILES string of the molecule is CC(C)CC(NC(=O)O)C(=O)[O-].[Na+]. The molecule has 0 aromatic carbocycles. The van der Waals surface area contributed by atoms with Crippen molar-refractivity contribution >= 4 is 12.1 Å². The average Bonchev–Trinajstić information content (AvgIpc) is 1.83. The molecule has 1 amide bonds. The number of carbonyl (C=O) groups is 2. The number of nitrogens with one attached hydrogen (secondary N) is 1. The summed E-state index contributed by atoms with van der Waals surface area (Å²) in [6, 6.07) is -1.11. The Balaban J connectivity index is 0. The molecule has 0 aromatic heterocycles. The van der Waals surface area contributed by atoms with E-state index in [0.29, 0.717) is 0 Å². The molecule has 70 valence electrons. The second-order valence-corrected chi connectivity index (χ2v) is 2.95. The zero-order chi connectivity index (χ0) is 9.72. The molecule has 0 rings (SSSR count). The van der Waals surface area contributed by atoms with Crippen molar-refractivity contribution in [3.8, 4) is 0 Å². The van der Waals surface area contributed by atoms with Gasteiger partial charge in [-0.3, -0.25) is 0 Å². The zero-order valence-corrected chi connectivity index (χ0v) is 10.0. The maximum absolute atomic E-state index is 10.3. The van der Waals surface area contributed by atoms with Crippen molar-refractivity contribution in [2.45, 2.75) is 26.3 Å². The first-order valence-electron chi connectivity index (χ1n) is 3.63. The molecular weight excluding hydrogens is 185 g/mol. The molecule has 0 aromatic rings. The number of hydrogen-bond donors (Lipinski definition) is 2. The van der Waals surface area contributed by atoms with Crippen molar-refractivity contribution in [3.05, 3.63) is 0 Å². The van der Waals surface area contributed by atoms with Crippen molar-refractivity contribution in [3.63, 3.8) is 0 Å². The monoisotopic (exact) mass is 197 g/mol. The normalized spacial score (nSPS) is 11.6. The molecule has 0 aliphatic carbocycles. The number of aliphatic carboxylic acids is 1. The van der Waals surface area contributed by atoms with Gasteiger partial charge in [0.1, 0.15) is 0 Å². The van der Waals surface area contributed by atoms with E-state index in [1.165, 1.54) is 0 Å². The van der Waals surface area contributed by atoms with Crippen LogP contribution < -0.4 is 40.0 Å². The number of carbonyl (C=O) groups excluding carboxylic acids is 1. The molecule has 0 saturated carbocycles. The van der Waals surface area contributed by atoms with E-state index in [2.05, 4.69) is 0 Å².